The van der Waals surface area contributed by atoms with Gasteiger partial charge in [-0.2, -0.15) is 5.26 Å². The highest BCUT2D eigenvalue weighted by atomic mass is 35.5. The van der Waals surface area contributed by atoms with E-state index in [1.807, 2.05) is 35.8 Å². The van der Waals surface area contributed by atoms with E-state index in [1.54, 1.807) is 73.0 Å². The molecular formula is C46H51Cl2F2N9O2. The summed E-state index contributed by atoms with van der Waals surface area (Å²) in [6.45, 7) is 12.4. The summed E-state index contributed by atoms with van der Waals surface area (Å²) < 4.78 is 26.3. The van der Waals surface area contributed by atoms with Crippen molar-refractivity contribution in [1.82, 2.24) is 24.9 Å². The fraction of sp³-hybridized carbons (Fsp3) is 0.304. The van der Waals surface area contributed by atoms with Gasteiger partial charge in [-0.05, 0) is 105 Å². The number of nitrogens with one attached hydrogen (secondary N) is 1. The van der Waals surface area contributed by atoms with Gasteiger partial charge in [0.05, 0.1) is 5.69 Å². The van der Waals surface area contributed by atoms with Crippen molar-refractivity contribution in [2.75, 3.05) is 31.9 Å². The Bertz CT molecular complexity index is 2280. The number of hydrogen-bond acceptors (Lipinski definition) is 7. The largest absolute Gasteiger partial charge is 0.398 e. The van der Waals surface area contributed by atoms with Gasteiger partial charge in [0, 0.05) is 96.9 Å². The quantitative estimate of drug-likeness (QED) is 0.0386. The third kappa shape index (κ3) is 13.4. The maximum Gasteiger partial charge on any atom is 0.246 e. The third-order valence-corrected chi connectivity index (χ3v) is 11.1. The fourth-order valence-electron chi connectivity index (χ4n) is 7.28. The number of halogens is 4. The first-order valence-electron chi connectivity index (χ1n) is 19.9. The molecule has 0 radical (unpaired) electrons. The Morgan fingerprint density at radius 2 is 1.16 bits per heavy atom. The normalized spacial score (nSPS) is 20.0. The van der Waals surface area contributed by atoms with Crippen molar-refractivity contribution >= 4 is 64.5 Å². The minimum Gasteiger partial charge on any atom is -0.398 e. The van der Waals surface area contributed by atoms with E-state index in [9.17, 15) is 18.4 Å². The number of piperazine rings is 2. The van der Waals surface area contributed by atoms with E-state index in [2.05, 4.69) is 34.0 Å². The van der Waals surface area contributed by atoms with E-state index in [1.165, 1.54) is 30.3 Å². The van der Waals surface area contributed by atoms with Crippen molar-refractivity contribution in [3.8, 4) is 6.19 Å². The smallest absolute Gasteiger partial charge is 0.246 e. The highest BCUT2D eigenvalue weighted by Crippen LogP contribution is 2.26. The molecule has 4 aromatic rings. The first-order valence-corrected chi connectivity index (χ1v) is 20.6. The van der Waals surface area contributed by atoms with Crippen LogP contribution in [0, 0.1) is 23.1 Å². The Morgan fingerprint density at radius 3 is 1.62 bits per heavy atom. The molecular weight excluding hydrogens is 819 g/mol. The molecule has 0 unspecified atom stereocenters. The van der Waals surface area contributed by atoms with Gasteiger partial charge in [-0.3, -0.25) is 24.7 Å². The molecule has 0 aromatic heterocycles. The first-order chi connectivity index (χ1) is 29.1. The average Bonchev–Trinajstić information content (AvgIpc) is 3.21. The molecule has 2 fully saturated rings. The monoisotopic (exact) mass is 869 g/mol. The summed E-state index contributed by atoms with van der Waals surface area (Å²) in [6.07, 6.45) is 8.18. The van der Waals surface area contributed by atoms with E-state index in [4.69, 9.17) is 39.9 Å². The molecule has 0 spiro atoms. The fourth-order valence-corrected chi connectivity index (χ4v) is 7.63. The summed E-state index contributed by atoms with van der Waals surface area (Å²) in [5.74, 6) is -0.686. The second-order valence-corrected chi connectivity index (χ2v) is 16.2. The molecule has 2 aliphatic rings. The van der Waals surface area contributed by atoms with Gasteiger partial charge in [-0.25, -0.2) is 13.8 Å². The molecule has 4 aromatic carbocycles. The molecule has 2 aliphatic heterocycles. The lowest BCUT2D eigenvalue weighted by Crippen LogP contribution is -2.57. The van der Waals surface area contributed by atoms with E-state index < -0.39 is 0 Å². The van der Waals surface area contributed by atoms with Gasteiger partial charge in [-0.1, -0.05) is 59.6 Å². The van der Waals surface area contributed by atoms with Gasteiger partial charge < -0.3 is 21.3 Å². The van der Waals surface area contributed by atoms with Crippen molar-refractivity contribution in [3.63, 3.8) is 0 Å². The Kier molecular flexibility index (Phi) is 16.4. The van der Waals surface area contributed by atoms with Gasteiger partial charge in [0.25, 0.3) is 0 Å². The summed E-state index contributed by atoms with van der Waals surface area (Å²) in [6, 6.07) is 23.8. The number of aliphatic imine (C=N–C) groups is 1. The van der Waals surface area contributed by atoms with Crippen LogP contribution in [0.25, 0.3) is 12.2 Å². The Labute approximate surface area is 366 Å². The van der Waals surface area contributed by atoms with Crippen molar-refractivity contribution in [2.24, 2.45) is 10.7 Å². The number of nitrogens with zero attached hydrogens (tertiary/aromatic N) is 6. The van der Waals surface area contributed by atoms with E-state index in [0.29, 0.717) is 53.2 Å². The topological polar surface area (TPSA) is 147 Å². The van der Waals surface area contributed by atoms with Crippen molar-refractivity contribution in [2.45, 2.75) is 65.0 Å². The molecule has 0 bridgehead atoms. The summed E-state index contributed by atoms with van der Waals surface area (Å²) >= 11 is 12.0. The van der Waals surface area contributed by atoms with Gasteiger partial charge in [0.1, 0.15) is 11.6 Å². The van der Waals surface area contributed by atoms with Crippen LogP contribution in [0.1, 0.15) is 49.9 Å². The minimum absolute atomic E-state index is 0.0111. The lowest BCUT2D eigenvalue weighted by atomic mass is 10.1. The molecule has 320 valence electrons. The van der Waals surface area contributed by atoms with Crippen LogP contribution in [0.15, 0.2) is 102 Å². The summed E-state index contributed by atoms with van der Waals surface area (Å²) in [7, 11) is 0. The molecule has 4 atom stereocenters. The molecule has 2 amide bonds. The number of anilines is 1. The lowest BCUT2D eigenvalue weighted by Gasteiger charge is -2.44. The number of hydrogen-bond donors (Lipinski definition) is 3. The van der Waals surface area contributed by atoms with Gasteiger partial charge in [0.15, 0.2) is 6.19 Å². The molecule has 0 saturated carbocycles. The number of guanidine groups is 1. The second-order valence-electron chi connectivity index (χ2n) is 15.4. The Hall–Kier alpha value is -5.78. The third-order valence-electron chi connectivity index (χ3n) is 10.7. The molecule has 0 aliphatic carbocycles. The Morgan fingerprint density at radius 1 is 0.721 bits per heavy atom. The molecule has 11 nitrogen and oxygen atoms in total. The molecule has 2 heterocycles. The highest BCUT2D eigenvalue weighted by molar-refractivity contribution is 6.31. The van der Waals surface area contributed by atoms with Crippen molar-refractivity contribution < 1.29 is 18.4 Å². The van der Waals surface area contributed by atoms with Crippen LogP contribution in [0.2, 0.25) is 10.0 Å². The molecule has 6 rings (SSSR count). The Balaban J connectivity index is 0.000000234. The van der Waals surface area contributed by atoms with Crippen LogP contribution in [0.3, 0.4) is 0 Å². The maximum atomic E-state index is 13.2. The predicted octanol–water partition coefficient (Wildman–Crippen LogP) is 7.83. The molecule has 15 heteroatoms. The summed E-state index contributed by atoms with van der Waals surface area (Å²) in [4.78, 5) is 38.2. The number of nitrogen functional groups attached to an aromatic ring is 1. The van der Waals surface area contributed by atoms with E-state index in [-0.39, 0.29) is 53.6 Å². The number of amides is 2. The zero-order valence-corrected chi connectivity index (χ0v) is 36.1. The zero-order chi connectivity index (χ0) is 44.2. The van der Waals surface area contributed by atoms with Crippen LogP contribution in [0.5, 0.6) is 0 Å². The zero-order valence-electron chi connectivity index (χ0n) is 34.6. The van der Waals surface area contributed by atoms with Crippen LogP contribution in [-0.2, 0) is 22.7 Å². The average molecular weight is 871 g/mol. The number of benzene rings is 4. The number of nitriles is 1. The maximum absolute atomic E-state index is 13.2. The lowest BCUT2D eigenvalue weighted by molar-refractivity contribution is -0.132. The van der Waals surface area contributed by atoms with Crippen molar-refractivity contribution in [3.05, 3.63) is 141 Å². The van der Waals surface area contributed by atoms with Crippen molar-refractivity contribution in [1.29, 1.82) is 5.26 Å². The number of rotatable bonds is 9. The predicted molar refractivity (Wildman–Crippen MR) is 240 cm³/mol. The van der Waals surface area contributed by atoms with Crippen LogP contribution < -0.4 is 16.8 Å². The number of carbonyl (C=O) groups is 2. The van der Waals surface area contributed by atoms with Crippen LogP contribution in [0.4, 0.5) is 20.2 Å². The molecule has 5 N–H and O–H groups in total. The SMILES string of the molecule is C[C@@H]1CN(Cc2ccc(F)cc2)[C@@H](C)CN1C(=O)/C=C/c1ccc(Cl)cc1N.C[C@@H]1CN(Cc2ccc(F)cc2)[C@@H](C)CN1C(=O)/C=C/c1ccc(Cl)cc1N=C(N)NC#N. The van der Waals surface area contributed by atoms with E-state index >= 15 is 0 Å². The molecule has 2 saturated heterocycles. The van der Waals surface area contributed by atoms with Crippen LogP contribution >= 0.6 is 23.2 Å². The van der Waals surface area contributed by atoms with Gasteiger partial charge in [-0.15, -0.1) is 0 Å². The van der Waals surface area contributed by atoms with Crippen LogP contribution in [-0.4, -0.2) is 87.7 Å². The summed E-state index contributed by atoms with van der Waals surface area (Å²) in [5.41, 5.74) is 16.1. The van der Waals surface area contributed by atoms with E-state index in [0.717, 1.165) is 29.8 Å². The van der Waals surface area contributed by atoms with Gasteiger partial charge in [0.2, 0.25) is 17.8 Å². The summed E-state index contributed by atoms with van der Waals surface area (Å²) in [5, 5.41) is 12.0. The number of nitrogens with two attached hydrogens (primary N) is 2. The minimum atomic E-state index is -0.249. The molecule has 61 heavy (non-hydrogen) atoms. The van der Waals surface area contributed by atoms with Gasteiger partial charge >= 0.3 is 0 Å². The first kappa shape index (κ1) is 46.3. The second kappa shape index (κ2) is 21.7. The number of carbonyl (C=O) groups excluding carboxylic acids is 2. The standard InChI is InChI=1S/C24H26ClFN6O.C22H25ClFN3O/c1-16-13-32(17(2)12-31(16)14-18-3-8-21(26)9-4-18)23(33)10-6-19-5-7-20(25)11-22(19)30-24(28)29-15-27;1-15-13-27(22(28)10-6-18-5-7-19(23)11-21(18)25)16(2)12-26(15)14-17-3-8-20(24)9-4-17/h3-11,16-17H,12-14H2,1-2H3,(H3,28,29,30);3-11,15-16H,12-14,25H2,1-2H3/b2*10-6+/t16-,17+;15-,16+/m00/s1. The highest BCUT2D eigenvalue weighted by Gasteiger charge is 2.32.